The van der Waals surface area contributed by atoms with Gasteiger partial charge in [-0.15, -0.1) is 0 Å². The molecule has 0 bridgehead atoms. The third kappa shape index (κ3) is 63.4. The highest BCUT2D eigenvalue weighted by molar-refractivity contribution is 7.45. The number of esters is 1. The van der Waals surface area contributed by atoms with Crippen molar-refractivity contribution in [3.63, 3.8) is 0 Å². The minimum atomic E-state index is -4.71. The second-order valence-corrected chi connectivity index (χ2v) is 26.1. The lowest BCUT2D eigenvalue weighted by Gasteiger charge is -2.30. The summed E-state index contributed by atoms with van der Waals surface area (Å²) in [6.45, 7) is 6.72. The van der Waals surface area contributed by atoms with Crippen molar-refractivity contribution in [3.8, 4) is 0 Å². The van der Waals surface area contributed by atoms with E-state index in [4.69, 9.17) is 13.8 Å². The Morgan fingerprint density at radius 3 is 1.17 bits per heavy atom. The Balaban J connectivity index is 5.12. The van der Waals surface area contributed by atoms with Crippen molar-refractivity contribution >= 4 is 19.7 Å². The van der Waals surface area contributed by atoms with Crippen LogP contribution < -0.4 is 10.2 Å². The molecule has 0 radical (unpaired) electrons. The molecule has 0 aliphatic rings. The number of unbranched alkanes of at least 4 members (excludes halogenated alkanes) is 33. The summed E-state index contributed by atoms with van der Waals surface area (Å²) in [5.41, 5.74) is 0. The maximum absolute atomic E-state index is 13.6. The standard InChI is InChI=1S/C74H133N2O7P/c1-7-10-13-16-19-22-25-28-30-32-34-36-38-40-42-44-46-48-51-54-57-60-63-66-73(77)75-71(70-82-84(79,80)81-69-68-76(4,5)6)72(65-62-59-56-53-50-27-24-21-18-15-12-9-3)83-74(78)67-64-61-58-55-52-49-47-45-43-41-39-37-35-33-31-29-26-23-20-17-14-11-8-2/h11,14,19-20,22-23,28-31,35,37,41,43,62,65,71-72H,7-10,12-13,15-18,21,24-27,32-34,36,38-40,42,44-61,63-64,66-70H2,1-6H3,(H-,75,77,79,80)/b14-11-,22-19-,23-20-,30-28-,31-29-,37-35-,43-41-,65-62+. The van der Waals surface area contributed by atoms with E-state index in [1.54, 1.807) is 0 Å². The van der Waals surface area contributed by atoms with E-state index >= 15 is 0 Å². The number of nitrogens with one attached hydrogen (secondary N) is 1. The van der Waals surface area contributed by atoms with Crippen molar-refractivity contribution in [1.29, 1.82) is 0 Å². The summed E-state index contributed by atoms with van der Waals surface area (Å²) < 4.78 is 30.4. The lowest BCUT2D eigenvalue weighted by atomic mass is 10.0. The van der Waals surface area contributed by atoms with Gasteiger partial charge in [0.2, 0.25) is 5.91 Å². The summed E-state index contributed by atoms with van der Waals surface area (Å²) in [7, 11) is 1.17. The number of likely N-dealkylation sites (N-methyl/N-ethyl adjacent to an activating group) is 1. The van der Waals surface area contributed by atoms with Gasteiger partial charge >= 0.3 is 5.97 Å². The molecule has 3 unspecified atom stereocenters. The Bertz CT molecular complexity index is 1760. The maximum Gasteiger partial charge on any atom is 0.306 e. The summed E-state index contributed by atoms with van der Waals surface area (Å²) in [6.07, 6.45) is 85.2. The lowest BCUT2D eigenvalue weighted by Crippen LogP contribution is -2.47. The summed E-state index contributed by atoms with van der Waals surface area (Å²) in [5, 5.41) is 3.04. The van der Waals surface area contributed by atoms with E-state index in [0.29, 0.717) is 23.9 Å². The molecule has 486 valence electrons. The third-order valence-corrected chi connectivity index (χ3v) is 16.2. The average molecular weight is 1190 g/mol. The fraction of sp³-hybridized carbons (Fsp3) is 0.757. The topological polar surface area (TPSA) is 114 Å². The van der Waals surface area contributed by atoms with Crippen LogP contribution in [0.15, 0.2) is 97.2 Å². The number of rotatable bonds is 63. The first-order valence-corrected chi connectivity index (χ1v) is 36.5. The number of nitrogens with zero attached hydrogens (tertiary/aromatic N) is 1. The van der Waals surface area contributed by atoms with Crippen LogP contribution in [0.2, 0.25) is 0 Å². The van der Waals surface area contributed by atoms with Gasteiger partial charge < -0.3 is 28.5 Å². The van der Waals surface area contributed by atoms with Gasteiger partial charge in [-0.3, -0.25) is 14.2 Å². The zero-order chi connectivity index (χ0) is 61.4. The largest absolute Gasteiger partial charge is 0.756 e. The predicted molar refractivity (Wildman–Crippen MR) is 362 cm³/mol. The van der Waals surface area contributed by atoms with Crippen molar-refractivity contribution in [3.05, 3.63) is 97.2 Å². The fourth-order valence-electron chi connectivity index (χ4n) is 9.87. The number of carbonyl (C=O) groups excluding carboxylic acids is 2. The molecule has 0 rings (SSSR count). The summed E-state index contributed by atoms with van der Waals surface area (Å²) in [4.78, 5) is 40.2. The van der Waals surface area contributed by atoms with Crippen LogP contribution in [-0.2, 0) is 27.9 Å². The lowest BCUT2D eigenvalue weighted by molar-refractivity contribution is -0.870. The van der Waals surface area contributed by atoms with Crippen LogP contribution >= 0.6 is 7.82 Å². The smallest absolute Gasteiger partial charge is 0.306 e. The van der Waals surface area contributed by atoms with Crippen LogP contribution in [0.1, 0.15) is 310 Å². The highest BCUT2D eigenvalue weighted by Gasteiger charge is 2.27. The first-order chi connectivity index (χ1) is 40.9. The molecule has 9 nitrogen and oxygen atoms in total. The molecule has 3 atom stereocenters. The number of phosphoric ester groups is 1. The van der Waals surface area contributed by atoms with E-state index in [1.165, 1.54) is 167 Å². The molecule has 0 spiro atoms. The molecule has 10 heteroatoms. The number of amides is 1. The summed E-state index contributed by atoms with van der Waals surface area (Å²) >= 11 is 0. The molecule has 0 aromatic carbocycles. The average Bonchev–Trinajstić information content (AvgIpc) is 3.65. The van der Waals surface area contributed by atoms with Gasteiger partial charge in [0.05, 0.1) is 33.8 Å². The van der Waals surface area contributed by atoms with E-state index < -0.39 is 26.6 Å². The first kappa shape index (κ1) is 80.9. The van der Waals surface area contributed by atoms with Gasteiger partial charge in [-0.1, -0.05) is 285 Å². The molecule has 1 N–H and O–H groups in total. The van der Waals surface area contributed by atoms with Gasteiger partial charge in [-0.25, -0.2) is 0 Å². The normalized spacial score (nSPS) is 14.1. The number of ether oxygens (including phenoxy) is 1. The molecule has 0 aromatic heterocycles. The van der Waals surface area contributed by atoms with Crippen LogP contribution in [0.3, 0.4) is 0 Å². The maximum atomic E-state index is 13.6. The zero-order valence-electron chi connectivity index (χ0n) is 55.6. The van der Waals surface area contributed by atoms with Crippen LogP contribution in [0.5, 0.6) is 0 Å². The Hall–Kier alpha value is -3.07. The number of carbonyl (C=O) groups is 2. The first-order valence-electron chi connectivity index (χ1n) is 35.0. The number of phosphoric acid groups is 1. The van der Waals surface area contributed by atoms with E-state index in [0.717, 1.165) is 103 Å². The van der Waals surface area contributed by atoms with Crippen LogP contribution in [0, 0.1) is 0 Å². The van der Waals surface area contributed by atoms with Gasteiger partial charge in [0.25, 0.3) is 7.82 Å². The Kier molecular flexibility index (Phi) is 60.7. The molecule has 84 heavy (non-hydrogen) atoms. The molecule has 0 saturated heterocycles. The zero-order valence-corrected chi connectivity index (χ0v) is 56.5. The number of quaternary nitrogens is 1. The Morgan fingerprint density at radius 1 is 0.429 bits per heavy atom. The van der Waals surface area contributed by atoms with Crippen molar-refractivity contribution in [1.82, 2.24) is 5.32 Å². The predicted octanol–water partition coefficient (Wildman–Crippen LogP) is 21.7. The van der Waals surface area contributed by atoms with Gasteiger partial charge in [0.1, 0.15) is 19.3 Å². The molecule has 0 saturated carbocycles. The van der Waals surface area contributed by atoms with E-state index in [2.05, 4.69) is 111 Å². The van der Waals surface area contributed by atoms with E-state index in [-0.39, 0.29) is 24.9 Å². The van der Waals surface area contributed by atoms with Crippen LogP contribution in [-0.4, -0.2) is 69.4 Å². The number of hydrogen-bond donors (Lipinski definition) is 1. The minimum Gasteiger partial charge on any atom is -0.756 e. The number of hydrogen-bond acceptors (Lipinski definition) is 7. The Morgan fingerprint density at radius 2 is 0.762 bits per heavy atom. The minimum absolute atomic E-state index is 0.0277. The van der Waals surface area contributed by atoms with Gasteiger partial charge in [-0.2, -0.15) is 0 Å². The van der Waals surface area contributed by atoms with Gasteiger partial charge in [0.15, 0.2) is 0 Å². The summed E-state index contributed by atoms with van der Waals surface area (Å²) in [6, 6.07) is -0.899. The SMILES string of the molecule is CC/C=C\C/C=C\C/C=C\C/C=C\C/C=C\CCCCCCCCCC(=O)OC(/C=C/CCCCCCCCCCCC)C(COP(=O)([O-])OCC[N+](C)(C)C)NC(=O)CCCCCCCCCCCCCCC/C=C\C/C=C\CCCCC. The summed E-state index contributed by atoms with van der Waals surface area (Å²) in [5.74, 6) is -0.551. The molecule has 0 aromatic rings. The Labute approximate surface area is 519 Å². The third-order valence-electron chi connectivity index (χ3n) is 15.2. The van der Waals surface area contributed by atoms with E-state index in [1.807, 2.05) is 33.3 Å². The molecule has 0 heterocycles. The van der Waals surface area contributed by atoms with Crippen molar-refractivity contribution in [2.45, 2.75) is 322 Å². The second-order valence-electron chi connectivity index (χ2n) is 24.6. The molecule has 0 aliphatic carbocycles. The van der Waals surface area contributed by atoms with Crippen molar-refractivity contribution in [2.75, 3.05) is 40.9 Å². The van der Waals surface area contributed by atoms with E-state index in [9.17, 15) is 19.0 Å². The molecule has 0 aliphatic heterocycles. The van der Waals surface area contributed by atoms with Crippen LogP contribution in [0.4, 0.5) is 0 Å². The molecular formula is C74H133N2O7P. The van der Waals surface area contributed by atoms with Gasteiger partial charge in [-0.05, 0) is 109 Å². The molecule has 1 amide bonds. The highest BCUT2D eigenvalue weighted by Crippen LogP contribution is 2.38. The highest BCUT2D eigenvalue weighted by atomic mass is 31.2. The molecule has 0 fully saturated rings. The number of allylic oxidation sites excluding steroid dienone is 15. The fourth-order valence-corrected chi connectivity index (χ4v) is 10.6. The molecular weight excluding hydrogens is 1060 g/mol. The van der Waals surface area contributed by atoms with Crippen molar-refractivity contribution < 1.29 is 37.3 Å². The van der Waals surface area contributed by atoms with Crippen LogP contribution in [0.25, 0.3) is 0 Å². The second kappa shape index (κ2) is 63.0. The van der Waals surface area contributed by atoms with Crippen molar-refractivity contribution in [2.24, 2.45) is 0 Å². The quantitative estimate of drug-likeness (QED) is 0.0212. The van der Waals surface area contributed by atoms with Gasteiger partial charge in [0, 0.05) is 12.8 Å². The monoisotopic (exact) mass is 1190 g/mol.